The van der Waals surface area contributed by atoms with Gasteiger partial charge in [0.2, 0.25) is 0 Å². The summed E-state index contributed by atoms with van der Waals surface area (Å²) in [6, 6.07) is 1.84. The zero-order valence-corrected chi connectivity index (χ0v) is 8.78. The lowest BCUT2D eigenvalue weighted by Crippen LogP contribution is -1.96. The van der Waals surface area contributed by atoms with Gasteiger partial charge in [0, 0.05) is 7.11 Å². The molecule has 5 nitrogen and oxygen atoms in total. The molecule has 1 N–H and O–H groups in total. The van der Waals surface area contributed by atoms with Gasteiger partial charge < -0.3 is 9.31 Å². The molecule has 0 saturated carbocycles. The highest BCUT2D eigenvalue weighted by atomic mass is 31.2. The largest absolute Gasteiger partial charge is 0.472 e. The second kappa shape index (κ2) is 5.32. The summed E-state index contributed by atoms with van der Waals surface area (Å²) in [4.78, 5) is 8.87. The SMILES string of the molecule is COP(=O)(O)OCCCc1ccoc1. The third-order valence-corrected chi connectivity index (χ3v) is 2.65. The second-order valence-electron chi connectivity index (χ2n) is 2.72. The van der Waals surface area contributed by atoms with Crippen molar-refractivity contribution >= 4 is 7.82 Å². The minimum absolute atomic E-state index is 0.187. The highest BCUT2D eigenvalue weighted by Gasteiger charge is 2.17. The van der Waals surface area contributed by atoms with Gasteiger partial charge in [0.25, 0.3) is 0 Å². The number of hydrogen-bond acceptors (Lipinski definition) is 4. The van der Waals surface area contributed by atoms with E-state index in [2.05, 4.69) is 9.05 Å². The van der Waals surface area contributed by atoms with Crippen molar-refractivity contribution in [2.24, 2.45) is 0 Å². The summed E-state index contributed by atoms with van der Waals surface area (Å²) in [7, 11) is -2.67. The first kappa shape index (κ1) is 11.5. The predicted molar refractivity (Wildman–Crippen MR) is 49.8 cm³/mol. The first-order valence-corrected chi connectivity index (χ1v) is 5.68. The molecular weight excluding hydrogens is 207 g/mol. The Morgan fingerprint density at radius 2 is 2.43 bits per heavy atom. The predicted octanol–water partition coefficient (Wildman–Crippen LogP) is 1.98. The smallest absolute Gasteiger partial charge is 0.471 e. The van der Waals surface area contributed by atoms with Gasteiger partial charge in [0.15, 0.2) is 0 Å². The monoisotopic (exact) mass is 220 g/mol. The average molecular weight is 220 g/mol. The molecule has 1 aromatic rings. The van der Waals surface area contributed by atoms with E-state index < -0.39 is 7.82 Å². The molecule has 1 aromatic heterocycles. The molecule has 0 radical (unpaired) electrons. The highest BCUT2D eigenvalue weighted by molar-refractivity contribution is 7.47. The van der Waals surface area contributed by atoms with Gasteiger partial charge >= 0.3 is 7.82 Å². The molecule has 0 saturated heterocycles. The van der Waals surface area contributed by atoms with Crippen molar-refractivity contribution in [2.45, 2.75) is 12.8 Å². The Labute approximate surface area is 82.3 Å². The standard InChI is InChI=1S/C8H13O5P/c1-11-14(9,10)13-5-2-3-8-4-6-12-7-8/h4,6-7H,2-3,5H2,1H3,(H,9,10). The molecule has 0 aromatic carbocycles. The highest BCUT2D eigenvalue weighted by Crippen LogP contribution is 2.41. The Hall–Kier alpha value is -0.610. The van der Waals surface area contributed by atoms with Crippen LogP contribution in [0, 0.1) is 0 Å². The van der Waals surface area contributed by atoms with Gasteiger partial charge in [0.05, 0.1) is 19.1 Å². The number of phosphoric acid groups is 1. The summed E-state index contributed by atoms with van der Waals surface area (Å²) < 4.78 is 24.6. The molecule has 1 unspecified atom stereocenters. The first-order valence-electron chi connectivity index (χ1n) is 4.18. The summed E-state index contributed by atoms with van der Waals surface area (Å²) in [5.74, 6) is 0. The zero-order valence-electron chi connectivity index (χ0n) is 7.88. The maximum atomic E-state index is 10.8. The van der Waals surface area contributed by atoms with E-state index in [4.69, 9.17) is 9.31 Å². The Morgan fingerprint density at radius 1 is 1.64 bits per heavy atom. The van der Waals surface area contributed by atoms with E-state index in [1.54, 1.807) is 12.5 Å². The van der Waals surface area contributed by atoms with Crippen LogP contribution in [0.25, 0.3) is 0 Å². The van der Waals surface area contributed by atoms with Crippen LogP contribution in [0.15, 0.2) is 23.0 Å². The summed E-state index contributed by atoms with van der Waals surface area (Å²) in [6.45, 7) is 0.187. The Bertz CT molecular complexity index is 295. The minimum Gasteiger partial charge on any atom is -0.472 e. The van der Waals surface area contributed by atoms with Crippen LogP contribution in [0.4, 0.5) is 0 Å². The third kappa shape index (κ3) is 4.07. The second-order valence-corrected chi connectivity index (χ2v) is 4.28. The van der Waals surface area contributed by atoms with Crippen molar-refractivity contribution in [3.8, 4) is 0 Å². The number of aryl methyl sites for hydroxylation is 1. The number of rotatable bonds is 6. The maximum absolute atomic E-state index is 10.8. The molecule has 0 bridgehead atoms. The van der Waals surface area contributed by atoms with Gasteiger partial charge in [-0.2, -0.15) is 0 Å². The Balaban J connectivity index is 2.14. The van der Waals surface area contributed by atoms with Crippen LogP contribution in [-0.4, -0.2) is 18.6 Å². The number of hydrogen-bond donors (Lipinski definition) is 1. The van der Waals surface area contributed by atoms with Crippen LogP contribution in [0.5, 0.6) is 0 Å². The van der Waals surface area contributed by atoms with Crippen molar-refractivity contribution in [3.63, 3.8) is 0 Å². The van der Waals surface area contributed by atoms with Crippen molar-refractivity contribution < 1.29 is 22.9 Å². The molecule has 0 amide bonds. The summed E-state index contributed by atoms with van der Waals surface area (Å²) in [5.41, 5.74) is 1.04. The van der Waals surface area contributed by atoms with Crippen LogP contribution < -0.4 is 0 Å². The fourth-order valence-corrected chi connectivity index (χ4v) is 1.41. The molecule has 1 heterocycles. The van der Waals surface area contributed by atoms with Crippen LogP contribution in [0.1, 0.15) is 12.0 Å². The molecule has 0 aliphatic rings. The van der Waals surface area contributed by atoms with E-state index in [0.29, 0.717) is 6.42 Å². The van der Waals surface area contributed by atoms with E-state index in [1.165, 1.54) is 0 Å². The van der Waals surface area contributed by atoms with Crippen molar-refractivity contribution in [3.05, 3.63) is 24.2 Å². The Kier molecular flexibility index (Phi) is 4.35. The molecule has 6 heteroatoms. The quantitative estimate of drug-likeness (QED) is 0.586. The zero-order chi connectivity index (χ0) is 10.4. The van der Waals surface area contributed by atoms with Crippen LogP contribution in [-0.2, 0) is 20.0 Å². The van der Waals surface area contributed by atoms with Gasteiger partial charge in [-0.15, -0.1) is 0 Å². The van der Waals surface area contributed by atoms with E-state index >= 15 is 0 Å². The van der Waals surface area contributed by atoms with Gasteiger partial charge in [-0.1, -0.05) is 0 Å². The molecule has 0 aliphatic carbocycles. The molecule has 0 spiro atoms. The van der Waals surface area contributed by atoms with E-state index in [9.17, 15) is 4.57 Å². The molecule has 0 aliphatic heterocycles. The lowest BCUT2D eigenvalue weighted by Gasteiger charge is -2.07. The third-order valence-electron chi connectivity index (χ3n) is 1.68. The summed E-state index contributed by atoms with van der Waals surface area (Å²) >= 11 is 0. The number of furan rings is 1. The van der Waals surface area contributed by atoms with E-state index in [-0.39, 0.29) is 6.61 Å². The fraction of sp³-hybridized carbons (Fsp3) is 0.500. The Morgan fingerprint density at radius 3 is 3.00 bits per heavy atom. The van der Waals surface area contributed by atoms with Crippen LogP contribution in [0.2, 0.25) is 0 Å². The molecule has 0 fully saturated rings. The molecule has 14 heavy (non-hydrogen) atoms. The number of phosphoric ester groups is 1. The van der Waals surface area contributed by atoms with Gasteiger partial charge in [-0.3, -0.25) is 9.05 Å². The molecule has 1 atom stereocenters. The molecule has 1 rings (SSSR count). The van der Waals surface area contributed by atoms with Gasteiger partial charge in [-0.25, -0.2) is 4.57 Å². The van der Waals surface area contributed by atoms with Crippen molar-refractivity contribution in [1.82, 2.24) is 0 Å². The van der Waals surface area contributed by atoms with Gasteiger partial charge in [0.1, 0.15) is 0 Å². The van der Waals surface area contributed by atoms with E-state index in [1.807, 2.05) is 6.07 Å². The maximum Gasteiger partial charge on any atom is 0.471 e. The summed E-state index contributed by atoms with van der Waals surface area (Å²) in [6.07, 6.45) is 4.62. The normalized spacial score (nSPS) is 15.3. The molecular formula is C8H13O5P. The average Bonchev–Trinajstić information content (AvgIpc) is 2.65. The van der Waals surface area contributed by atoms with Crippen molar-refractivity contribution in [1.29, 1.82) is 0 Å². The van der Waals surface area contributed by atoms with Crippen molar-refractivity contribution in [2.75, 3.05) is 13.7 Å². The lowest BCUT2D eigenvalue weighted by molar-refractivity contribution is 0.172. The molecule has 80 valence electrons. The van der Waals surface area contributed by atoms with Crippen LogP contribution in [0.3, 0.4) is 0 Å². The fourth-order valence-electron chi connectivity index (χ4n) is 0.944. The van der Waals surface area contributed by atoms with Crippen LogP contribution >= 0.6 is 7.82 Å². The lowest BCUT2D eigenvalue weighted by atomic mass is 10.2. The summed E-state index contributed by atoms with van der Waals surface area (Å²) in [5, 5.41) is 0. The minimum atomic E-state index is -3.80. The first-order chi connectivity index (χ1) is 6.64. The van der Waals surface area contributed by atoms with E-state index in [0.717, 1.165) is 19.1 Å². The topological polar surface area (TPSA) is 68.9 Å². The van der Waals surface area contributed by atoms with Gasteiger partial charge in [-0.05, 0) is 24.5 Å².